The van der Waals surface area contributed by atoms with E-state index in [1.54, 1.807) is 0 Å². The van der Waals surface area contributed by atoms with Crippen LogP contribution >= 0.6 is 11.8 Å². The van der Waals surface area contributed by atoms with Crippen LogP contribution in [-0.2, 0) is 11.2 Å². The summed E-state index contributed by atoms with van der Waals surface area (Å²) < 4.78 is 7.00. The van der Waals surface area contributed by atoms with Gasteiger partial charge in [0, 0.05) is 17.7 Å². The molecule has 176 valence electrons. The zero-order valence-electron chi connectivity index (χ0n) is 19.2. The molecule has 0 spiro atoms. The van der Waals surface area contributed by atoms with E-state index in [1.807, 2.05) is 56.3 Å². The van der Waals surface area contributed by atoms with Crippen molar-refractivity contribution in [3.05, 3.63) is 76.6 Å². The number of thioether (sulfide) groups is 1. The number of ether oxygens (including phenoxy) is 1. The van der Waals surface area contributed by atoms with Crippen molar-refractivity contribution in [3.8, 4) is 17.1 Å². The van der Waals surface area contributed by atoms with Crippen LogP contribution in [-0.4, -0.2) is 43.9 Å². The Morgan fingerprint density at radius 1 is 1.15 bits per heavy atom. The first-order valence-electron chi connectivity index (χ1n) is 11.2. The third-order valence-electron chi connectivity index (χ3n) is 5.20. The minimum atomic E-state index is -0.279. The normalized spacial score (nSPS) is 11.9. The summed E-state index contributed by atoms with van der Waals surface area (Å²) in [5.41, 5.74) is 2.21. The molecule has 1 unspecified atom stereocenters. The Hall–Kier alpha value is -3.59. The second-order valence-electron chi connectivity index (χ2n) is 7.88. The number of fused-ring (bicyclic) bond motifs is 1. The van der Waals surface area contributed by atoms with E-state index in [9.17, 15) is 9.59 Å². The number of nitrogens with one attached hydrogen (secondary N) is 2. The lowest BCUT2D eigenvalue weighted by Gasteiger charge is -2.14. The van der Waals surface area contributed by atoms with Gasteiger partial charge in [0.25, 0.3) is 5.56 Å². The van der Waals surface area contributed by atoms with Gasteiger partial charge in [0.05, 0.1) is 12.4 Å². The van der Waals surface area contributed by atoms with Gasteiger partial charge in [-0.2, -0.15) is 0 Å². The maximum Gasteiger partial charge on any atom is 0.266 e. The van der Waals surface area contributed by atoms with Crippen molar-refractivity contribution in [2.45, 2.75) is 37.9 Å². The molecule has 2 N–H and O–H groups in total. The number of amides is 1. The largest absolute Gasteiger partial charge is 0.494 e. The zero-order valence-corrected chi connectivity index (χ0v) is 20.0. The molecule has 0 saturated heterocycles. The number of aromatic amines is 1. The van der Waals surface area contributed by atoms with E-state index in [-0.39, 0.29) is 23.3 Å². The number of carbonyl (C=O) groups is 1. The summed E-state index contributed by atoms with van der Waals surface area (Å²) in [7, 11) is 0. The predicted molar refractivity (Wildman–Crippen MR) is 133 cm³/mol. The number of aromatic nitrogens is 4. The average Bonchev–Trinajstić information content (AvgIpc) is 3.23. The van der Waals surface area contributed by atoms with Crippen molar-refractivity contribution in [2.75, 3.05) is 12.4 Å². The Bertz CT molecular complexity index is 1300. The quantitative estimate of drug-likeness (QED) is 0.338. The number of carbonyl (C=O) groups excluding carboxylic acids is 1. The van der Waals surface area contributed by atoms with Gasteiger partial charge in [0.15, 0.2) is 16.6 Å². The van der Waals surface area contributed by atoms with Gasteiger partial charge in [-0.3, -0.25) is 14.7 Å². The van der Waals surface area contributed by atoms with Crippen LogP contribution in [0.4, 0.5) is 0 Å². The highest BCUT2D eigenvalue weighted by molar-refractivity contribution is 7.99. The Morgan fingerprint density at radius 3 is 2.65 bits per heavy atom. The Balaban J connectivity index is 1.43. The number of hydrogen-bond acceptors (Lipinski definition) is 6. The van der Waals surface area contributed by atoms with Crippen molar-refractivity contribution in [3.63, 3.8) is 0 Å². The third kappa shape index (κ3) is 6.05. The molecular formula is C25H27N5O3S. The highest BCUT2D eigenvalue weighted by Crippen LogP contribution is 2.23. The lowest BCUT2D eigenvalue weighted by atomic mass is 10.1. The van der Waals surface area contributed by atoms with Crippen LogP contribution in [0.2, 0.25) is 0 Å². The van der Waals surface area contributed by atoms with Gasteiger partial charge >= 0.3 is 0 Å². The lowest BCUT2D eigenvalue weighted by molar-refractivity contribution is -0.119. The molecule has 1 amide bonds. The fourth-order valence-corrected chi connectivity index (χ4v) is 4.29. The van der Waals surface area contributed by atoms with E-state index in [1.165, 1.54) is 27.9 Å². The van der Waals surface area contributed by atoms with Crippen LogP contribution in [0.1, 0.15) is 25.8 Å². The summed E-state index contributed by atoms with van der Waals surface area (Å²) in [4.78, 5) is 33.6. The van der Waals surface area contributed by atoms with Crippen LogP contribution in [0.5, 0.6) is 5.75 Å². The topological polar surface area (TPSA) is 101 Å². The molecule has 0 aliphatic heterocycles. The minimum Gasteiger partial charge on any atom is -0.494 e. The molecule has 4 aromatic rings. The van der Waals surface area contributed by atoms with Gasteiger partial charge in [-0.05, 0) is 56.5 Å². The number of H-pyrrole nitrogens is 1. The number of benzene rings is 2. The summed E-state index contributed by atoms with van der Waals surface area (Å²) in [6.45, 7) is 4.52. The first-order chi connectivity index (χ1) is 16.5. The lowest BCUT2D eigenvalue weighted by Crippen LogP contribution is -2.34. The third-order valence-corrected chi connectivity index (χ3v) is 6.14. The summed E-state index contributed by atoms with van der Waals surface area (Å²) in [5.74, 6) is 1.32. The molecule has 8 nitrogen and oxygen atoms in total. The fraction of sp³-hybridized carbons (Fsp3) is 0.280. The smallest absolute Gasteiger partial charge is 0.266 e. The van der Waals surface area contributed by atoms with E-state index in [0.717, 1.165) is 24.2 Å². The Labute approximate surface area is 201 Å². The second kappa shape index (κ2) is 11.0. The van der Waals surface area contributed by atoms with Crippen molar-refractivity contribution < 1.29 is 9.53 Å². The van der Waals surface area contributed by atoms with E-state index in [0.29, 0.717) is 23.2 Å². The molecule has 0 saturated carbocycles. The summed E-state index contributed by atoms with van der Waals surface area (Å²) in [5, 5.41) is 6.23. The van der Waals surface area contributed by atoms with Gasteiger partial charge < -0.3 is 10.1 Å². The molecular weight excluding hydrogens is 450 g/mol. The molecule has 2 aromatic heterocycles. The van der Waals surface area contributed by atoms with Crippen LogP contribution < -0.4 is 15.6 Å². The van der Waals surface area contributed by atoms with E-state index in [4.69, 9.17) is 4.74 Å². The molecule has 0 aliphatic rings. The van der Waals surface area contributed by atoms with Crippen molar-refractivity contribution in [1.82, 2.24) is 24.9 Å². The maximum atomic E-state index is 12.6. The van der Waals surface area contributed by atoms with Crippen LogP contribution in [0.3, 0.4) is 0 Å². The fourth-order valence-electron chi connectivity index (χ4n) is 3.52. The van der Waals surface area contributed by atoms with Gasteiger partial charge in [-0.1, -0.05) is 42.1 Å². The number of hydrogen-bond donors (Lipinski definition) is 2. The average molecular weight is 478 g/mol. The second-order valence-corrected chi connectivity index (χ2v) is 8.83. The Kier molecular flexibility index (Phi) is 7.64. The van der Waals surface area contributed by atoms with Gasteiger partial charge in [-0.15, -0.1) is 0 Å². The number of aryl methyl sites for hydroxylation is 1. The van der Waals surface area contributed by atoms with E-state index < -0.39 is 0 Å². The van der Waals surface area contributed by atoms with Crippen molar-refractivity contribution in [1.29, 1.82) is 0 Å². The van der Waals surface area contributed by atoms with Gasteiger partial charge in [0.2, 0.25) is 5.91 Å². The molecule has 2 heterocycles. The van der Waals surface area contributed by atoms with Gasteiger partial charge in [-0.25, -0.2) is 14.5 Å². The first kappa shape index (κ1) is 23.6. The van der Waals surface area contributed by atoms with E-state index >= 15 is 0 Å². The molecule has 1 atom stereocenters. The van der Waals surface area contributed by atoms with E-state index in [2.05, 4.69) is 32.5 Å². The summed E-state index contributed by atoms with van der Waals surface area (Å²) in [6.07, 6.45) is 1.75. The molecule has 2 aromatic carbocycles. The highest BCUT2D eigenvalue weighted by atomic mass is 32.2. The molecule has 0 bridgehead atoms. The maximum absolute atomic E-state index is 12.6. The molecule has 0 radical (unpaired) electrons. The van der Waals surface area contributed by atoms with Gasteiger partial charge in [0.1, 0.15) is 5.75 Å². The molecule has 34 heavy (non-hydrogen) atoms. The SMILES string of the molecule is CCOc1ccc(-c2nc(SCC(=O)NC(C)CCc3ccccc3)n3[nH]c(=O)cc3n2)cc1. The summed E-state index contributed by atoms with van der Waals surface area (Å²) >= 11 is 1.25. The zero-order chi connectivity index (χ0) is 23.9. The minimum absolute atomic E-state index is 0.0459. The van der Waals surface area contributed by atoms with Crippen LogP contribution in [0.15, 0.2) is 70.6 Å². The Morgan fingerprint density at radius 2 is 1.91 bits per heavy atom. The van der Waals surface area contributed by atoms with Crippen LogP contribution in [0.25, 0.3) is 17.0 Å². The standard InChI is InChI=1S/C25H27N5O3S/c1-3-33-20-13-11-19(12-14-20)24-27-21-15-22(31)29-30(21)25(28-24)34-16-23(32)26-17(2)9-10-18-7-5-4-6-8-18/h4-8,11-15,17H,3,9-10,16H2,1-2H3,(H,26,32)(H,29,31). The summed E-state index contributed by atoms with van der Waals surface area (Å²) in [6, 6.07) is 19.1. The first-order valence-corrected chi connectivity index (χ1v) is 12.2. The predicted octanol–water partition coefficient (Wildman–Crippen LogP) is 3.71. The van der Waals surface area contributed by atoms with Crippen LogP contribution in [0, 0.1) is 0 Å². The number of rotatable bonds is 10. The molecule has 0 fully saturated rings. The molecule has 9 heteroatoms. The van der Waals surface area contributed by atoms with Crippen molar-refractivity contribution in [2.24, 2.45) is 0 Å². The highest BCUT2D eigenvalue weighted by Gasteiger charge is 2.14. The molecule has 0 aliphatic carbocycles. The number of nitrogens with zero attached hydrogens (tertiary/aromatic N) is 3. The van der Waals surface area contributed by atoms with Crippen molar-refractivity contribution >= 4 is 23.3 Å². The monoisotopic (exact) mass is 477 g/mol. The molecule has 4 rings (SSSR count).